The van der Waals surface area contributed by atoms with E-state index in [2.05, 4.69) is 4.98 Å². The van der Waals surface area contributed by atoms with E-state index < -0.39 is 0 Å². The molecule has 23 heavy (non-hydrogen) atoms. The zero-order chi connectivity index (χ0) is 16.0. The summed E-state index contributed by atoms with van der Waals surface area (Å²) >= 11 is 0. The minimum atomic E-state index is -0.0387. The third kappa shape index (κ3) is 2.52. The second kappa shape index (κ2) is 5.62. The minimum absolute atomic E-state index is 0.0387. The van der Waals surface area contributed by atoms with Crippen LogP contribution in [0.3, 0.4) is 0 Å². The first-order valence-electron chi connectivity index (χ1n) is 8.14. The highest BCUT2D eigenvalue weighted by Crippen LogP contribution is 2.34. The Morgan fingerprint density at radius 3 is 3.17 bits per heavy atom. The average Bonchev–Trinajstić information content (AvgIpc) is 3.16. The molecule has 6 heteroatoms. The Kier molecular flexibility index (Phi) is 3.58. The molecule has 2 aliphatic rings. The number of fused-ring (bicyclic) bond motifs is 2. The molecule has 1 aliphatic carbocycles. The quantitative estimate of drug-likeness (QED) is 0.906. The number of pyridine rings is 1. The second-order valence-electron chi connectivity index (χ2n) is 6.59. The molecular weight excluding hydrogens is 294 g/mol. The van der Waals surface area contributed by atoms with Crippen molar-refractivity contribution in [3.05, 3.63) is 35.8 Å². The molecule has 4 rings (SSSR count). The summed E-state index contributed by atoms with van der Waals surface area (Å²) in [6.07, 6.45) is 5.40. The number of aliphatic hydroxyl groups excluding tert-OH is 1. The molecule has 1 N–H and O–H groups in total. The zero-order valence-corrected chi connectivity index (χ0v) is 13.2. The Balaban J connectivity index is 1.61. The number of ether oxygens (including phenoxy) is 1. The van der Waals surface area contributed by atoms with Gasteiger partial charge in [-0.25, -0.2) is 4.98 Å². The van der Waals surface area contributed by atoms with Crippen molar-refractivity contribution < 1.29 is 14.6 Å². The summed E-state index contributed by atoms with van der Waals surface area (Å²) < 4.78 is 7.67. The van der Waals surface area contributed by atoms with Gasteiger partial charge in [-0.05, 0) is 43.4 Å². The topological polar surface area (TPSA) is 67.1 Å². The standard InChI is InChI=1S/C17H21N3O3/c1-11-2-3-19-9-13(18-16(19)6-11)17(22)20-4-5-23-15-8-12(10-21)7-14(15)20/h2-3,6,9,12,14-15,21H,4-5,7-8,10H2,1H3/t12-,14+,15?/m1/s1. The van der Waals surface area contributed by atoms with Crippen LogP contribution < -0.4 is 0 Å². The molecule has 0 aromatic carbocycles. The van der Waals surface area contributed by atoms with Crippen molar-refractivity contribution in [2.24, 2.45) is 5.92 Å². The van der Waals surface area contributed by atoms with E-state index in [4.69, 9.17) is 4.74 Å². The number of imidazole rings is 1. The molecule has 1 aliphatic heterocycles. The van der Waals surface area contributed by atoms with E-state index in [1.807, 2.05) is 34.6 Å². The van der Waals surface area contributed by atoms with Crippen LogP contribution in [0.1, 0.15) is 28.9 Å². The van der Waals surface area contributed by atoms with Gasteiger partial charge in [-0.2, -0.15) is 0 Å². The SMILES string of the molecule is Cc1ccn2cc(C(=O)N3CCOC4C[C@H](CO)C[C@@H]43)nc2c1. The van der Waals surface area contributed by atoms with E-state index in [1.165, 1.54) is 0 Å². The molecular formula is C17H21N3O3. The molecule has 1 unspecified atom stereocenters. The number of carbonyl (C=O) groups is 1. The first-order valence-corrected chi connectivity index (χ1v) is 8.14. The third-order valence-corrected chi connectivity index (χ3v) is 4.99. The van der Waals surface area contributed by atoms with Gasteiger partial charge in [-0.1, -0.05) is 0 Å². The number of hydrogen-bond donors (Lipinski definition) is 1. The van der Waals surface area contributed by atoms with Crippen molar-refractivity contribution in [3.63, 3.8) is 0 Å². The first kappa shape index (κ1) is 14.7. The van der Waals surface area contributed by atoms with Crippen LogP contribution in [-0.4, -0.2) is 57.2 Å². The van der Waals surface area contributed by atoms with E-state index in [0.717, 1.165) is 24.1 Å². The van der Waals surface area contributed by atoms with Gasteiger partial charge < -0.3 is 19.1 Å². The summed E-state index contributed by atoms with van der Waals surface area (Å²) in [5, 5.41) is 9.40. The summed E-state index contributed by atoms with van der Waals surface area (Å²) in [6.45, 7) is 3.31. The van der Waals surface area contributed by atoms with Gasteiger partial charge in [0.1, 0.15) is 11.3 Å². The maximum absolute atomic E-state index is 12.9. The fourth-order valence-corrected chi connectivity index (χ4v) is 3.79. The lowest BCUT2D eigenvalue weighted by Crippen LogP contribution is -2.51. The van der Waals surface area contributed by atoms with Crippen LogP contribution in [0.15, 0.2) is 24.5 Å². The molecule has 1 saturated heterocycles. The van der Waals surface area contributed by atoms with Crippen molar-refractivity contribution in [2.75, 3.05) is 19.8 Å². The molecule has 2 fully saturated rings. The lowest BCUT2D eigenvalue weighted by molar-refractivity contribution is -0.0450. The predicted molar refractivity (Wildman–Crippen MR) is 84.3 cm³/mol. The largest absolute Gasteiger partial charge is 0.396 e. The molecule has 3 heterocycles. The second-order valence-corrected chi connectivity index (χ2v) is 6.59. The molecule has 122 valence electrons. The van der Waals surface area contributed by atoms with Gasteiger partial charge >= 0.3 is 0 Å². The number of carbonyl (C=O) groups excluding carboxylic acids is 1. The Morgan fingerprint density at radius 2 is 2.35 bits per heavy atom. The molecule has 0 bridgehead atoms. The number of nitrogens with zero attached hydrogens (tertiary/aromatic N) is 3. The number of aromatic nitrogens is 2. The van der Waals surface area contributed by atoms with Crippen molar-refractivity contribution in [3.8, 4) is 0 Å². The summed E-state index contributed by atoms with van der Waals surface area (Å²) in [6, 6.07) is 4.02. The average molecular weight is 315 g/mol. The number of aryl methyl sites for hydroxylation is 1. The Hall–Kier alpha value is -1.92. The summed E-state index contributed by atoms with van der Waals surface area (Å²) in [4.78, 5) is 19.3. The fourth-order valence-electron chi connectivity index (χ4n) is 3.79. The molecule has 6 nitrogen and oxygen atoms in total. The van der Waals surface area contributed by atoms with Gasteiger partial charge in [0.05, 0.1) is 18.8 Å². The molecule has 2 aromatic rings. The van der Waals surface area contributed by atoms with Gasteiger partial charge in [0, 0.05) is 25.5 Å². The highest BCUT2D eigenvalue weighted by molar-refractivity contribution is 5.93. The number of morpholine rings is 1. The van der Waals surface area contributed by atoms with Gasteiger partial charge in [0.25, 0.3) is 5.91 Å². The van der Waals surface area contributed by atoms with Crippen molar-refractivity contribution in [1.29, 1.82) is 0 Å². The highest BCUT2D eigenvalue weighted by Gasteiger charge is 2.43. The first-order chi connectivity index (χ1) is 11.2. The fraction of sp³-hybridized carbons (Fsp3) is 0.529. The highest BCUT2D eigenvalue weighted by atomic mass is 16.5. The normalized spacial score (nSPS) is 27.4. The molecule has 2 aromatic heterocycles. The van der Waals surface area contributed by atoms with Crippen LogP contribution in [0.2, 0.25) is 0 Å². The molecule has 1 amide bonds. The maximum atomic E-state index is 12.9. The number of amides is 1. The van der Waals surface area contributed by atoms with Crippen molar-refractivity contribution >= 4 is 11.6 Å². The lowest BCUT2D eigenvalue weighted by atomic mass is 10.1. The van der Waals surface area contributed by atoms with Crippen LogP contribution in [0, 0.1) is 12.8 Å². The summed E-state index contributed by atoms with van der Waals surface area (Å²) in [5.74, 6) is 0.186. The lowest BCUT2D eigenvalue weighted by Gasteiger charge is -2.37. The van der Waals surface area contributed by atoms with Crippen molar-refractivity contribution in [2.45, 2.75) is 31.9 Å². The molecule has 0 spiro atoms. The minimum Gasteiger partial charge on any atom is -0.396 e. The van der Waals surface area contributed by atoms with E-state index in [1.54, 1.807) is 6.20 Å². The van der Waals surface area contributed by atoms with Gasteiger partial charge in [-0.15, -0.1) is 0 Å². The van der Waals surface area contributed by atoms with Crippen molar-refractivity contribution in [1.82, 2.24) is 14.3 Å². The zero-order valence-electron chi connectivity index (χ0n) is 13.2. The molecule has 3 atom stereocenters. The number of hydrogen-bond acceptors (Lipinski definition) is 4. The Bertz CT molecular complexity index is 742. The van der Waals surface area contributed by atoms with Crippen LogP contribution in [-0.2, 0) is 4.74 Å². The third-order valence-electron chi connectivity index (χ3n) is 4.99. The van der Waals surface area contributed by atoms with Crippen LogP contribution >= 0.6 is 0 Å². The van der Waals surface area contributed by atoms with Gasteiger partial charge in [-0.3, -0.25) is 4.79 Å². The van der Waals surface area contributed by atoms with E-state index in [-0.39, 0.29) is 30.6 Å². The van der Waals surface area contributed by atoms with E-state index in [0.29, 0.717) is 18.8 Å². The summed E-state index contributed by atoms with van der Waals surface area (Å²) in [7, 11) is 0. The predicted octanol–water partition coefficient (Wildman–Crippen LogP) is 1.25. The smallest absolute Gasteiger partial charge is 0.274 e. The number of aliphatic hydroxyl groups is 1. The Morgan fingerprint density at radius 1 is 1.48 bits per heavy atom. The van der Waals surface area contributed by atoms with Gasteiger partial charge in [0.15, 0.2) is 0 Å². The van der Waals surface area contributed by atoms with Crippen LogP contribution in [0.5, 0.6) is 0 Å². The monoisotopic (exact) mass is 315 g/mol. The summed E-state index contributed by atoms with van der Waals surface area (Å²) in [5.41, 5.74) is 2.39. The van der Waals surface area contributed by atoms with Crippen LogP contribution in [0.25, 0.3) is 5.65 Å². The Labute approximate surface area is 134 Å². The van der Waals surface area contributed by atoms with Gasteiger partial charge in [0.2, 0.25) is 0 Å². The maximum Gasteiger partial charge on any atom is 0.274 e. The van der Waals surface area contributed by atoms with E-state index in [9.17, 15) is 9.90 Å². The van der Waals surface area contributed by atoms with Crippen LogP contribution in [0.4, 0.5) is 0 Å². The molecule has 0 radical (unpaired) electrons. The molecule has 1 saturated carbocycles. The number of rotatable bonds is 2. The van der Waals surface area contributed by atoms with E-state index >= 15 is 0 Å².